The molecule has 0 unspecified atom stereocenters. The van der Waals surface area contributed by atoms with Gasteiger partial charge in [0, 0.05) is 22.5 Å². The molecule has 0 aromatic heterocycles. The van der Waals surface area contributed by atoms with Gasteiger partial charge in [0.1, 0.15) is 0 Å². The Labute approximate surface area is 322 Å². The van der Waals surface area contributed by atoms with Crippen molar-refractivity contribution in [1.29, 1.82) is 0 Å². The van der Waals surface area contributed by atoms with Crippen LogP contribution in [0.2, 0.25) is 0 Å². The Morgan fingerprint density at radius 3 is 1.85 bits per heavy atom. The van der Waals surface area contributed by atoms with Gasteiger partial charge in [-0.15, -0.1) is 0 Å². The van der Waals surface area contributed by atoms with Gasteiger partial charge >= 0.3 is 0 Å². The highest BCUT2D eigenvalue weighted by Gasteiger charge is 2.51. The van der Waals surface area contributed by atoms with Crippen molar-refractivity contribution in [3.63, 3.8) is 0 Å². The predicted octanol–water partition coefficient (Wildman–Crippen LogP) is 14.8. The van der Waals surface area contributed by atoms with Crippen molar-refractivity contribution in [2.24, 2.45) is 17.8 Å². The van der Waals surface area contributed by atoms with E-state index in [9.17, 15) is 0 Å². The van der Waals surface area contributed by atoms with Crippen molar-refractivity contribution < 1.29 is 0 Å². The van der Waals surface area contributed by atoms with Gasteiger partial charge < -0.3 is 4.90 Å². The van der Waals surface area contributed by atoms with E-state index >= 15 is 0 Å². The average molecular weight is 704 g/mol. The van der Waals surface area contributed by atoms with Gasteiger partial charge in [-0.05, 0) is 178 Å². The lowest BCUT2D eigenvalue weighted by Crippen LogP contribution is -2.48. The summed E-state index contributed by atoms with van der Waals surface area (Å²) in [7, 11) is 0. The van der Waals surface area contributed by atoms with Crippen molar-refractivity contribution >= 4 is 27.8 Å². The van der Waals surface area contributed by atoms with Crippen molar-refractivity contribution in [2.45, 2.75) is 101 Å². The first-order valence-corrected chi connectivity index (χ1v) is 21.2. The van der Waals surface area contributed by atoms with Crippen LogP contribution in [0.25, 0.3) is 33.0 Å². The van der Waals surface area contributed by atoms with Gasteiger partial charge in [-0.1, -0.05) is 118 Å². The molecule has 0 saturated heterocycles. The van der Waals surface area contributed by atoms with Crippen molar-refractivity contribution in [2.75, 3.05) is 4.90 Å². The second-order valence-corrected chi connectivity index (χ2v) is 18.7. The molecule has 0 radical (unpaired) electrons. The van der Waals surface area contributed by atoms with Crippen LogP contribution in [0, 0.1) is 17.8 Å². The van der Waals surface area contributed by atoms with Crippen LogP contribution in [-0.4, -0.2) is 0 Å². The number of benzene rings is 6. The topological polar surface area (TPSA) is 3.24 Å². The molecule has 5 fully saturated rings. The molecule has 0 heterocycles. The third-order valence-corrected chi connectivity index (χ3v) is 15.0. The van der Waals surface area contributed by atoms with E-state index in [1.807, 2.05) is 0 Å². The molecule has 12 rings (SSSR count). The highest BCUT2D eigenvalue weighted by atomic mass is 15.1. The summed E-state index contributed by atoms with van der Waals surface area (Å²) in [6.07, 6.45) is 15.4. The van der Waals surface area contributed by atoms with Gasteiger partial charge in [0.25, 0.3) is 0 Å². The molecule has 6 aliphatic carbocycles. The van der Waals surface area contributed by atoms with E-state index in [4.69, 9.17) is 0 Å². The van der Waals surface area contributed by atoms with E-state index in [-0.39, 0.29) is 5.41 Å². The quantitative estimate of drug-likeness (QED) is 0.167. The molecule has 0 atom stereocenters. The molecule has 6 aromatic rings. The summed E-state index contributed by atoms with van der Waals surface area (Å²) in [5.74, 6) is 3.53. The van der Waals surface area contributed by atoms with E-state index in [2.05, 4.69) is 146 Å². The van der Waals surface area contributed by atoms with E-state index in [0.717, 1.165) is 17.8 Å². The number of rotatable bonds is 6. The zero-order valence-electron chi connectivity index (χ0n) is 32.2. The molecule has 270 valence electrons. The van der Waals surface area contributed by atoms with Gasteiger partial charge in [-0.3, -0.25) is 0 Å². The molecule has 6 aromatic carbocycles. The Hall–Kier alpha value is -4.62. The second-order valence-electron chi connectivity index (χ2n) is 18.7. The van der Waals surface area contributed by atoms with Crippen LogP contribution in [0.15, 0.2) is 127 Å². The summed E-state index contributed by atoms with van der Waals surface area (Å²) in [5, 5.41) is 2.57. The molecule has 0 amide bonds. The first-order valence-electron chi connectivity index (χ1n) is 21.2. The lowest BCUT2D eigenvalue weighted by molar-refractivity contribution is -0.00518. The molecule has 0 aliphatic heterocycles. The largest absolute Gasteiger partial charge is 0.310 e. The molecule has 1 nitrogen and oxygen atoms in total. The number of hydrogen-bond acceptors (Lipinski definition) is 1. The van der Waals surface area contributed by atoms with E-state index in [0.29, 0.717) is 11.3 Å². The number of nitrogens with zero attached hydrogens (tertiary/aromatic N) is 1. The lowest BCUT2D eigenvalue weighted by atomic mass is 9.48. The molecular weight excluding hydrogens is 651 g/mol. The van der Waals surface area contributed by atoms with Gasteiger partial charge in [-0.25, -0.2) is 0 Å². The predicted molar refractivity (Wildman–Crippen MR) is 227 cm³/mol. The molecule has 54 heavy (non-hydrogen) atoms. The maximum Gasteiger partial charge on any atom is 0.0471 e. The Kier molecular flexibility index (Phi) is 7.56. The van der Waals surface area contributed by atoms with Crippen molar-refractivity contribution in [1.82, 2.24) is 0 Å². The number of anilines is 3. The molecule has 4 bridgehead atoms. The molecule has 1 heteroatoms. The maximum absolute atomic E-state index is 2.57. The summed E-state index contributed by atoms with van der Waals surface area (Å²) in [5.41, 5.74) is 15.3. The first-order chi connectivity index (χ1) is 26.4. The van der Waals surface area contributed by atoms with E-state index < -0.39 is 0 Å². The normalized spacial score (nSPS) is 25.1. The van der Waals surface area contributed by atoms with Crippen LogP contribution in [0.3, 0.4) is 0 Å². The SMILES string of the molecule is CC1(C)c2ccccc2-c2c(-c3ccc4ccccc4c3)cc(N(c3ccc(C4CCCCC4)cc3)c3ccc(C45CC6CC(CC(C6)C4)C5)cc3)cc21. The second kappa shape index (κ2) is 12.5. The summed E-state index contributed by atoms with van der Waals surface area (Å²) >= 11 is 0. The Balaban J connectivity index is 1.08. The minimum Gasteiger partial charge on any atom is -0.310 e. The van der Waals surface area contributed by atoms with Crippen molar-refractivity contribution in [3.8, 4) is 22.3 Å². The minimum atomic E-state index is -0.119. The van der Waals surface area contributed by atoms with Gasteiger partial charge in [0.05, 0.1) is 0 Å². The molecule has 5 saturated carbocycles. The van der Waals surface area contributed by atoms with Gasteiger partial charge in [0.15, 0.2) is 0 Å². The van der Waals surface area contributed by atoms with E-state index in [1.165, 1.54) is 137 Å². The number of fused-ring (bicyclic) bond motifs is 4. The van der Waals surface area contributed by atoms with Crippen LogP contribution >= 0.6 is 0 Å². The molecule has 0 spiro atoms. The Morgan fingerprint density at radius 1 is 0.519 bits per heavy atom. The third-order valence-electron chi connectivity index (χ3n) is 15.0. The standard InChI is InChI=1S/C53H53N/c1-52(2)49-15-9-8-14-47(49)51-48(42-17-16-39-12-6-7-13-41(39)29-42)30-46(31-50(51)52)54(44-22-18-40(19-23-44)38-10-4-3-5-11-38)45-24-20-43(21-25-45)53-32-35-26-36(33-53)28-37(27-35)34-53/h6-9,12-25,29-31,35-38H,3-5,10-11,26-28,32-34H2,1-2H3. The fourth-order valence-electron chi connectivity index (χ4n) is 12.7. The first kappa shape index (κ1) is 32.8. The Bertz CT molecular complexity index is 2340. The Morgan fingerprint density at radius 2 is 1.15 bits per heavy atom. The smallest absolute Gasteiger partial charge is 0.0471 e. The summed E-state index contributed by atoms with van der Waals surface area (Å²) in [6, 6.07) is 49.7. The zero-order valence-corrected chi connectivity index (χ0v) is 32.2. The molecular formula is C53H53N. The highest BCUT2D eigenvalue weighted by molar-refractivity contribution is 5.98. The van der Waals surface area contributed by atoms with Crippen LogP contribution in [0.5, 0.6) is 0 Å². The third kappa shape index (κ3) is 5.25. The fraction of sp³-hybridized carbons (Fsp3) is 0.358. The minimum absolute atomic E-state index is 0.119. The van der Waals surface area contributed by atoms with Crippen LogP contribution in [0.1, 0.15) is 113 Å². The van der Waals surface area contributed by atoms with Crippen LogP contribution < -0.4 is 4.90 Å². The number of hydrogen-bond donors (Lipinski definition) is 0. The summed E-state index contributed by atoms with van der Waals surface area (Å²) < 4.78 is 0. The van der Waals surface area contributed by atoms with Crippen LogP contribution in [-0.2, 0) is 10.8 Å². The van der Waals surface area contributed by atoms with Crippen LogP contribution in [0.4, 0.5) is 17.1 Å². The van der Waals surface area contributed by atoms with E-state index in [1.54, 1.807) is 5.56 Å². The molecule has 0 N–H and O–H groups in total. The lowest BCUT2D eigenvalue weighted by Gasteiger charge is -2.57. The van der Waals surface area contributed by atoms with Crippen molar-refractivity contribution in [3.05, 3.63) is 150 Å². The summed E-state index contributed by atoms with van der Waals surface area (Å²) in [6.45, 7) is 4.85. The highest BCUT2D eigenvalue weighted by Crippen LogP contribution is 2.61. The van der Waals surface area contributed by atoms with Gasteiger partial charge in [0.2, 0.25) is 0 Å². The average Bonchev–Trinajstić information content (AvgIpc) is 3.44. The fourth-order valence-corrected chi connectivity index (χ4v) is 12.7. The maximum atomic E-state index is 2.57. The summed E-state index contributed by atoms with van der Waals surface area (Å²) in [4.78, 5) is 2.57. The van der Waals surface area contributed by atoms with Gasteiger partial charge in [-0.2, -0.15) is 0 Å². The zero-order chi connectivity index (χ0) is 36.0. The monoisotopic (exact) mass is 703 g/mol. The molecule has 6 aliphatic rings.